The SMILES string of the molecule is CC(=O)NC(CC(=O)N(C)CCC(C)O)c1ccc(C)cc1. The Hall–Kier alpha value is -1.88. The summed E-state index contributed by atoms with van der Waals surface area (Å²) in [4.78, 5) is 25.3. The molecule has 2 atom stereocenters. The molecule has 0 aliphatic heterocycles. The number of carbonyl (C=O) groups is 2. The Morgan fingerprint density at radius 1 is 1.27 bits per heavy atom. The van der Waals surface area contributed by atoms with Crippen molar-refractivity contribution in [2.24, 2.45) is 0 Å². The van der Waals surface area contributed by atoms with E-state index in [0.29, 0.717) is 13.0 Å². The summed E-state index contributed by atoms with van der Waals surface area (Å²) in [6, 6.07) is 7.45. The maximum atomic E-state index is 12.3. The summed E-state index contributed by atoms with van der Waals surface area (Å²) < 4.78 is 0. The van der Waals surface area contributed by atoms with Gasteiger partial charge in [0, 0.05) is 20.5 Å². The summed E-state index contributed by atoms with van der Waals surface area (Å²) in [5.74, 6) is -0.218. The largest absolute Gasteiger partial charge is 0.393 e. The molecular formula is C17H26N2O3. The molecule has 1 aromatic carbocycles. The number of hydrogen-bond donors (Lipinski definition) is 2. The number of carbonyl (C=O) groups excluding carboxylic acids is 2. The van der Waals surface area contributed by atoms with Gasteiger partial charge in [-0.2, -0.15) is 0 Å². The number of nitrogens with one attached hydrogen (secondary N) is 1. The van der Waals surface area contributed by atoms with E-state index < -0.39 is 6.10 Å². The first kappa shape index (κ1) is 18.2. The van der Waals surface area contributed by atoms with Crippen LogP contribution in [0.15, 0.2) is 24.3 Å². The molecule has 1 rings (SSSR count). The van der Waals surface area contributed by atoms with Gasteiger partial charge in [0.15, 0.2) is 0 Å². The number of hydrogen-bond acceptors (Lipinski definition) is 3. The summed E-state index contributed by atoms with van der Waals surface area (Å²) in [7, 11) is 1.71. The highest BCUT2D eigenvalue weighted by molar-refractivity contribution is 5.79. The van der Waals surface area contributed by atoms with Crippen LogP contribution >= 0.6 is 0 Å². The number of aryl methyl sites for hydroxylation is 1. The third kappa shape index (κ3) is 6.26. The maximum Gasteiger partial charge on any atom is 0.224 e. The fourth-order valence-corrected chi connectivity index (χ4v) is 2.13. The fraction of sp³-hybridized carbons (Fsp3) is 0.529. The molecule has 0 aliphatic carbocycles. The Kier molecular flexibility index (Phi) is 7.05. The van der Waals surface area contributed by atoms with Crippen molar-refractivity contribution in [2.75, 3.05) is 13.6 Å². The molecule has 122 valence electrons. The number of nitrogens with zero attached hydrogens (tertiary/aromatic N) is 1. The minimum atomic E-state index is -0.432. The summed E-state index contributed by atoms with van der Waals surface area (Å²) in [5, 5.41) is 12.1. The van der Waals surface area contributed by atoms with E-state index in [1.807, 2.05) is 31.2 Å². The quantitative estimate of drug-likeness (QED) is 0.807. The Balaban J connectivity index is 2.74. The van der Waals surface area contributed by atoms with Crippen LogP contribution in [0.25, 0.3) is 0 Å². The van der Waals surface area contributed by atoms with Gasteiger partial charge in [-0.3, -0.25) is 9.59 Å². The zero-order chi connectivity index (χ0) is 16.7. The molecule has 2 amide bonds. The summed E-state index contributed by atoms with van der Waals surface area (Å²) >= 11 is 0. The Morgan fingerprint density at radius 3 is 2.36 bits per heavy atom. The second-order valence-electron chi connectivity index (χ2n) is 5.82. The predicted octanol–water partition coefficient (Wildman–Crippen LogP) is 1.79. The molecule has 0 aliphatic rings. The monoisotopic (exact) mass is 306 g/mol. The van der Waals surface area contributed by atoms with Gasteiger partial charge in [-0.15, -0.1) is 0 Å². The van der Waals surface area contributed by atoms with E-state index in [1.54, 1.807) is 18.9 Å². The molecule has 0 aromatic heterocycles. The second kappa shape index (κ2) is 8.54. The van der Waals surface area contributed by atoms with Crippen LogP contribution in [0.4, 0.5) is 0 Å². The highest BCUT2D eigenvalue weighted by Gasteiger charge is 2.19. The highest BCUT2D eigenvalue weighted by atomic mass is 16.3. The number of benzene rings is 1. The van der Waals surface area contributed by atoms with E-state index in [4.69, 9.17) is 0 Å². The third-order valence-corrected chi connectivity index (χ3v) is 3.54. The van der Waals surface area contributed by atoms with Crippen LogP contribution in [0.1, 0.15) is 43.9 Å². The number of amides is 2. The third-order valence-electron chi connectivity index (χ3n) is 3.54. The van der Waals surface area contributed by atoms with Gasteiger partial charge in [0.2, 0.25) is 11.8 Å². The van der Waals surface area contributed by atoms with Crippen LogP contribution in [-0.4, -0.2) is 41.5 Å². The van der Waals surface area contributed by atoms with Gasteiger partial charge in [-0.1, -0.05) is 29.8 Å². The molecule has 2 unspecified atom stereocenters. The standard InChI is InChI=1S/C17H26N2O3/c1-12-5-7-15(8-6-12)16(18-14(3)21)11-17(22)19(4)10-9-13(2)20/h5-8,13,16,20H,9-11H2,1-4H3,(H,18,21). The first-order valence-corrected chi connectivity index (χ1v) is 7.55. The number of rotatable bonds is 7. The normalized spacial score (nSPS) is 13.3. The predicted molar refractivity (Wildman–Crippen MR) is 86.3 cm³/mol. The van der Waals surface area contributed by atoms with Crippen LogP contribution in [0, 0.1) is 6.92 Å². The lowest BCUT2D eigenvalue weighted by molar-refractivity contribution is -0.131. The average molecular weight is 306 g/mol. The van der Waals surface area contributed by atoms with Gasteiger partial charge in [-0.05, 0) is 25.8 Å². The highest BCUT2D eigenvalue weighted by Crippen LogP contribution is 2.18. The van der Waals surface area contributed by atoms with Crippen LogP contribution in [0.3, 0.4) is 0 Å². The van der Waals surface area contributed by atoms with Crippen molar-refractivity contribution in [1.29, 1.82) is 0 Å². The van der Waals surface area contributed by atoms with Crippen molar-refractivity contribution in [2.45, 2.75) is 45.8 Å². The number of aliphatic hydroxyl groups excluding tert-OH is 1. The molecule has 0 saturated carbocycles. The van der Waals surface area contributed by atoms with E-state index in [9.17, 15) is 14.7 Å². The van der Waals surface area contributed by atoms with Gasteiger partial charge in [0.1, 0.15) is 0 Å². The molecule has 22 heavy (non-hydrogen) atoms. The van der Waals surface area contributed by atoms with Crippen molar-refractivity contribution in [3.05, 3.63) is 35.4 Å². The molecule has 5 nitrogen and oxygen atoms in total. The molecule has 0 spiro atoms. The van der Waals surface area contributed by atoms with Crippen molar-refractivity contribution < 1.29 is 14.7 Å². The maximum absolute atomic E-state index is 12.3. The Morgan fingerprint density at radius 2 is 1.86 bits per heavy atom. The van der Waals surface area contributed by atoms with Crippen molar-refractivity contribution in [1.82, 2.24) is 10.2 Å². The van der Waals surface area contributed by atoms with Gasteiger partial charge in [0.25, 0.3) is 0 Å². The zero-order valence-electron chi connectivity index (χ0n) is 13.8. The van der Waals surface area contributed by atoms with Crippen molar-refractivity contribution in [3.63, 3.8) is 0 Å². The van der Waals surface area contributed by atoms with Crippen molar-refractivity contribution in [3.8, 4) is 0 Å². The first-order chi connectivity index (χ1) is 10.3. The molecule has 5 heteroatoms. The Bertz CT molecular complexity index is 497. The minimum absolute atomic E-state index is 0.0556. The van der Waals surface area contributed by atoms with Gasteiger partial charge in [-0.25, -0.2) is 0 Å². The molecule has 0 saturated heterocycles. The smallest absolute Gasteiger partial charge is 0.224 e. The van der Waals surface area contributed by atoms with E-state index in [2.05, 4.69) is 5.32 Å². The van der Waals surface area contributed by atoms with Crippen molar-refractivity contribution >= 4 is 11.8 Å². The topological polar surface area (TPSA) is 69.6 Å². The van der Waals surface area contributed by atoms with Crippen LogP contribution < -0.4 is 5.32 Å². The van der Waals surface area contributed by atoms with E-state index >= 15 is 0 Å². The van der Waals surface area contributed by atoms with Gasteiger partial charge >= 0.3 is 0 Å². The van der Waals surface area contributed by atoms with Crippen LogP contribution in [-0.2, 0) is 9.59 Å². The fourth-order valence-electron chi connectivity index (χ4n) is 2.13. The van der Waals surface area contributed by atoms with Gasteiger partial charge in [0.05, 0.1) is 18.6 Å². The van der Waals surface area contributed by atoms with Crippen LogP contribution in [0.5, 0.6) is 0 Å². The average Bonchev–Trinajstić information content (AvgIpc) is 2.44. The Labute approximate surface area is 132 Å². The number of aliphatic hydroxyl groups is 1. The molecule has 1 aromatic rings. The van der Waals surface area contributed by atoms with E-state index in [1.165, 1.54) is 6.92 Å². The minimum Gasteiger partial charge on any atom is -0.393 e. The lowest BCUT2D eigenvalue weighted by atomic mass is 10.0. The zero-order valence-corrected chi connectivity index (χ0v) is 13.8. The van der Waals surface area contributed by atoms with E-state index in [0.717, 1.165) is 11.1 Å². The molecule has 0 bridgehead atoms. The lowest BCUT2D eigenvalue weighted by Crippen LogP contribution is -2.34. The first-order valence-electron chi connectivity index (χ1n) is 7.55. The van der Waals surface area contributed by atoms with E-state index in [-0.39, 0.29) is 24.3 Å². The summed E-state index contributed by atoms with van der Waals surface area (Å²) in [5.41, 5.74) is 2.05. The van der Waals surface area contributed by atoms with Gasteiger partial charge < -0.3 is 15.3 Å². The molecule has 0 radical (unpaired) electrons. The molecular weight excluding hydrogens is 280 g/mol. The summed E-state index contributed by atoms with van der Waals surface area (Å²) in [6.45, 7) is 5.64. The lowest BCUT2D eigenvalue weighted by Gasteiger charge is -2.23. The summed E-state index contributed by atoms with van der Waals surface area (Å²) in [6.07, 6.45) is 0.315. The molecule has 2 N–H and O–H groups in total. The molecule has 0 fully saturated rings. The molecule has 0 heterocycles. The van der Waals surface area contributed by atoms with Crippen LogP contribution in [0.2, 0.25) is 0 Å². The second-order valence-corrected chi connectivity index (χ2v) is 5.82.